The van der Waals surface area contributed by atoms with Crippen molar-refractivity contribution in [3.05, 3.63) is 29.3 Å². The lowest BCUT2D eigenvalue weighted by Crippen LogP contribution is -2.50. The lowest BCUT2D eigenvalue weighted by atomic mass is 9.95. The van der Waals surface area contributed by atoms with Gasteiger partial charge in [0.15, 0.2) is 0 Å². The number of hydrogen-bond acceptors (Lipinski definition) is 4. The average Bonchev–Trinajstić information content (AvgIpc) is 3.31. The number of carbonyl (C=O) groups is 3. The summed E-state index contributed by atoms with van der Waals surface area (Å²) < 4.78 is 0. The van der Waals surface area contributed by atoms with E-state index in [1.54, 1.807) is 24.3 Å². The first-order chi connectivity index (χ1) is 13.0. The van der Waals surface area contributed by atoms with Gasteiger partial charge in [-0.2, -0.15) is 0 Å². The lowest BCUT2D eigenvalue weighted by molar-refractivity contribution is -0.137. The molecule has 0 N–H and O–H groups in total. The van der Waals surface area contributed by atoms with Gasteiger partial charge in [0.05, 0.1) is 24.1 Å². The molecule has 0 bridgehead atoms. The Labute approximate surface area is 164 Å². The number of imide groups is 1. The van der Waals surface area contributed by atoms with Gasteiger partial charge in [-0.1, -0.05) is 11.6 Å². The van der Waals surface area contributed by atoms with Crippen molar-refractivity contribution in [3.63, 3.8) is 0 Å². The number of hydrogen-bond donors (Lipinski definition) is 0. The normalized spacial score (nSPS) is 26.9. The lowest BCUT2D eigenvalue weighted by Gasteiger charge is -2.36. The molecule has 0 radical (unpaired) electrons. The third-order valence-corrected chi connectivity index (χ3v) is 6.12. The SMILES string of the molecule is O=C([C@H]1CCCN([C@H]2CC(=O)N(c3ccc(Cl)cc3)C2=O)C1)N1CCCC1. The van der Waals surface area contributed by atoms with Crippen molar-refractivity contribution in [3.8, 4) is 0 Å². The first-order valence-electron chi connectivity index (χ1n) is 9.70. The van der Waals surface area contributed by atoms with Gasteiger partial charge in [-0.15, -0.1) is 0 Å². The Kier molecular flexibility index (Phi) is 5.19. The second kappa shape index (κ2) is 7.60. The Bertz CT molecular complexity index is 745. The summed E-state index contributed by atoms with van der Waals surface area (Å²) in [6.45, 7) is 3.01. The molecule has 3 aliphatic rings. The van der Waals surface area contributed by atoms with Gasteiger partial charge in [0.1, 0.15) is 0 Å². The maximum atomic E-state index is 13.0. The number of halogens is 1. The van der Waals surface area contributed by atoms with Gasteiger partial charge in [-0.05, 0) is 56.5 Å². The van der Waals surface area contributed by atoms with Crippen LogP contribution in [0.3, 0.4) is 0 Å². The molecule has 144 valence electrons. The number of carbonyl (C=O) groups excluding carboxylic acids is 3. The third kappa shape index (κ3) is 3.60. The van der Waals surface area contributed by atoms with E-state index >= 15 is 0 Å². The summed E-state index contributed by atoms with van der Waals surface area (Å²) in [7, 11) is 0. The van der Waals surface area contributed by atoms with Crippen LogP contribution in [0, 0.1) is 5.92 Å². The highest BCUT2D eigenvalue weighted by Gasteiger charge is 2.44. The summed E-state index contributed by atoms with van der Waals surface area (Å²) in [5.41, 5.74) is 0.554. The van der Waals surface area contributed by atoms with Crippen molar-refractivity contribution in [2.45, 2.75) is 38.1 Å². The van der Waals surface area contributed by atoms with Gasteiger partial charge in [-0.3, -0.25) is 19.3 Å². The summed E-state index contributed by atoms with van der Waals surface area (Å²) in [5, 5.41) is 0.564. The van der Waals surface area contributed by atoms with Crippen molar-refractivity contribution >= 4 is 35.0 Å². The van der Waals surface area contributed by atoms with Crippen LogP contribution in [-0.2, 0) is 14.4 Å². The van der Waals surface area contributed by atoms with Crippen LogP contribution in [0.4, 0.5) is 5.69 Å². The fraction of sp³-hybridized carbons (Fsp3) is 0.550. The second-order valence-electron chi connectivity index (χ2n) is 7.63. The number of rotatable bonds is 3. The monoisotopic (exact) mass is 389 g/mol. The number of anilines is 1. The van der Waals surface area contributed by atoms with Gasteiger partial charge in [0, 0.05) is 24.7 Å². The number of benzene rings is 1. The van der Waals surface area contributed by atoms with E-state index in [-0.39, 0.29) is 30.1 Å². The molecule has 1 aromatic carbocycles. The minimum Gasteiger partial charge on any atom is -0.342 e. The molecule has 6 nitrogen and oxygen atoms in total. The Morgan fingerprint density at radius 1 is 1.00 bits per heavy atom. The molecule has 27 heavy (non-hydrogen) atoms. The van der Waals surface area contributed by atoms with Crippen molar-refractivity contribution in [1.29, 1.82) is 0 Å². The molecule has 0 spiro atoms. The molecule has 3 saturated heterocycles. The Morgan fingerprint density at radius 3 is 2.41 bits per heavy atom. The maximum absolute atomic E-state index is 13.0. The van der Waals surface area contributed by atoms with Crippen molar-refractivity contribution in [1.82, 2.24) is 9.80 Å². The van der Waals surface area contributed by atoms with Crippen molar-refractivity contribution < 1.29 is 14.4 Å². The molecular formula is C20H24ClN3O3. The van der Waals surface area contributed by atoms with Crippen LogP contribution in [0.5, 0.6) is 0 Å². The van der Waals surface area contributed by atoms with E-state index in [0.29, 0.717) is 17.3 Å². The van der Waals surface area contributed by atoms with Gasteiger partial charge in [0.2, 0.25) is 11.8 Å². The Morgan fingerprint density at radius 2 is 1.70 bits per heavy atom. The largest absolute Gasteiger partial charge is 0.342 e. The predicted octanol–water partition coefficient (Wildman–Crippen LogP) is 2.31. The number of amides is 3. The molecule has 7 heteroatoms. The van der Waals surface area contributed by atoms with Crippen molar-refractivity contribution in [2.75, 3.05) is 31.1 Å². The molecule has 2 atom stereocenters. The molecule has 3 fully saturated rings. The molecule has 3 heterocycles. The van der Waals surface area contributed by atoms with Crippen LogP contribution >= 0.6 is 11.6 Å². The zero-order valence-electron chi connectivity index (χ0n) is 15.3. The Hall–Kier alpha value is -1.92. The molecular weight excluding hydrogens is 366 g/mol. The molecule has 0 aromatic heterocycles. The summed E-state index contributed by atoms with van der Waals surface area (Å²) in [5.74, 6) is -0.246. The minimum absolute atomic E-state index is 0.0654. The molecule has 0 aliphatic carbocycles. The zero-order chi connectivity index (χ0) is 19.0. The minimum atomic E-state index is -0.470. The van der Waals surface area contributed by atoms with Crippen LogP contribution in [0.25, 0.3) is 0 Å². The fourth-order valence-electron chi connectivity index (χ4n) is 4.45. The molecule has 0 saturated carbocycles. The second-order valence-corrected chi connectivity index (χ2v) is 8.07. The first-order valence-corrected chi connectivity index (χ1v) is 10.1. The van der Waals surface area contributed by atoms with E-state index in [4.69, 9.17) is 11.6 Å². The zero-order valence-corrected chi connectivity index (χ0v) is 16.0. The number of piperidine rings is 1. The van der Waals surface area contributed by atoms with Gasteiger partial charge >= 0.3 is 0 Å². The van der Waals surface area contributed by atoms with E-state index in [0.717, 1.165) is 45.3 Å². The average molecular weight is 390 g/mol. The maximum Gasteiger partial charge on any atom is 0.251 e. The quantitative estimate of drug-likeness (QED) is 0.744. The van der Waals surface area contributed by atoms with Crippen LogP contribution in [0.1, 0.15) is 32.1 Å². The van der Waals surface area contributed by atoms with Crippen LogP contribution in [0.2, 0.25) is 5.02 Å². The molecule has 1 aromatic rings. The summed E-state index contributed by atoms with van der Waals surface area (Å²) in [4.78, 5) is 43.5. The predicted molar refractivity (Wildman–Crippen MR) is 102 cm³/mol. The molecule has 3 aliphatic heterocycles. The van der Waals surface area contributed by atoms with E-state index in [1.807, 2.05) is 9.80 Å². The molecule has 4 rings (SSSR count). The molecule has 0 unspecified atom stereocenters. The van der Waals surface area contributed by atoms with E-state index < -0.39 is 6.04 Å². The smallest absolute Gasteiger partial charge is 0.251 e. The van der Waals surface area contributed by atoms with E-state index in [9.17, 15) is 14.4 Å². The summed E-state index contributed by atoms with van der Waals surface area (Å²) >= 11 is 5.91. The molecule has 3 amide bonds. The number of likely N-dealkylation sites (tertiary alicyclic amines) is 2. The van der Waals surface area contributed by atoms with E-state index in [2.05, 4.69) is 0 Å². The fourth-order valence-corrected chi connectivity index (χ4v) is 4.58. The summed E-state index contributed by atoms with van der Waals surface area (Å²) in [6, 6.07) is 6.27. The highest BCUT2D eigenvalue weighted by atomic mass is 35.5. The Balaban J connectivity index is 1.46. The number of nitrogens with zero attached hydrogens (tertiary/aromatic N) is 3. The summed E-state index contributed by atoms with van der Waals surface area (Å²) in [6.07, 6.45) is 4.07. The van der Waals surface area contributed by atoms with Crippen LogP contribution in [-0.4, -0.2) is 59.7 Å². The highest BCUT2D eigenvalue weighted by molar-refractivity contribution is 6.30. The topological polar surface area (TPSA) is 60.9 Å². The van der Waals surface area contributed by atoms with Gasteiger partial charge < -0.3 is 4.90 Å². The van der Waals surface area contributed by atoms with Gasteiger partial charge in [0.25, 0.3) is 5.91 Å². The highest BCUT2D eigenvalue weighted by Crippen LogP contribution is 2.30. The van der Waals surface area contributed by atoms with Crippen LogP contribution in [0.15, 0.2) is 24.3 Å². The van der Waals surface area contributed by atoms with E-state index in [1.165, 1.54) is 4.90 Å². The van der Waals surface area contributed by atoms with Crippen LogP contribution < -0.4 is 4.90 Å². The van der Waals surface area contributed by atoms with Gasteiger partial charge in [-0.25, -0.2) is 4.90 Å². The first kappa shape index (κ1) is 18.4. The standard InChI is InChI=1S/C20H24ClN3O3/c21-15-5-7-16(8-6-15)24-18(25)12-17(20(24)27)23-11-3-4-14(13-23)19(26)22-9-1-2-10-22/h5-8,14,17H,1-4,9-13H2/t14-,17-/m0/s1. The third-order valence-electron chi connectivity index (χ3n) is 5.87. The van der Waals surface area contributed by atoms with Crippen molar-refractivity contribution in [2.24, 2.45) is 5.92 Å².